The van der Waals surface area contributed by atoms with Crippen molar-refractivity contribution in [1.29, 1.82) is 0 Å². The van der Waals surface area contributed by atoms with Gasteiger partial charge in [-0.15, -0.1) is 0 Å². The summed E-state index contributed by atoms with van der Waals surface area (Å²) in [6.45, 7) is 3.14. The lowest BCUT2D eigenvalue weighted by atomic mass is 9.92. The lowest BCUT2D eigenvalue weighted by Gasteiger charge is -2.21. The molecule has 1 aliphatic carbocycles. The molecule has 0 unspecified atom stereocenters. The molecule has 128 valence electrons. The SMILES string of the molecule is CCOc1cc([C@@H](N)C2CCCC2)ccc1OCc1ccccc1. The summed E-state index contributed by atoms with van der Waals surface area (Å²) in [5, 5.41) is 0. The van der Waals surface area contributed by atoms with Crippen LogP contribution < -0.4 is 15.2 Å². The normalized spacial score (nSPS) is 16.1. The van der Waals surface area contributed by atoms with Gasteiger partial charge in [0.1, 0.15) is 6.61 Å². The molecule has 0 aromatic heterocycles. The van der Waals surface area contributed by atoms with Crippen molar-refractivity contribution in [3.63, 3.8) is 0 Å². The Kier molecular flexibility index (Phi) is 5.76. The van der Waals surface area contributed by atoms with E-state index in [-0.39, 0.29) is 6.04 Å². The number of benzene rings is 2. The highest BCUT2D eigenvalue weighted by atomic mass is 16.5. The lowest BCUT2D eigenvalue weighted by molar-refractivity contribution is 0.268. The van der Waals surface area contributed by atoms with Crippen LogP contribution in [0.15, 0.2) is 48.5 Å². The second-order valence-corrected chi connectivity index (χ2v) is 6.48. The molecule has 0 saturated heterocycles. The predicted molar refractivity (Wildman–Crippen MR) is 97.3 cm³/mol. The van der Waals surface area contributed by atoms with E-state index < -0.39 is 0 Å². The van der Waals surface area contributed by atoms with Crippen LogP contribution in [-0.2, 0) is 6.61 Å². The molecule has 0 heterocycles. The molecule has 2 aromatic rings. The van der Waals surface area contributed by atoms with E-state index in [4.69, 9.17) is 15.2 Å². The van der Waals surface area contributed by atoms with Crippen molar-refractivity contribution >= 4 is 0 Å². The molecule has 3 heteroatoms. The Labute approximate surface area is 144 Å². The maximum atomic E-state index is 6.48. The van der Waals surface area contributed by atoms with Gasteiger partial charge in [-0.05, 0) is 48.9 Å². The van der Waals surface area contributed by atoms with Crippen molar-refractivity contribution in [3.05, 3.63) is 59.7 Å². The van der Waals surface area contributed by atoms with Gasteiger partial charge in [0, 0.05) is 6.04 Å². The third kappa shape index (κ3) is 4.09. The quantitative estimate of drug-likeness (QED) is 0.791. The number of ether oxygens (including phenoxy) is 2. The summed E-state index contributed by atoms with van der Waals surface area (Å²) < 4.78 is 11.8. The Morgan fingerprint density at radius 2 is 1.75 bits per heavy atom. The first-order valence-corrected chi connectivity index (χ1v) is 8.97. The molecular formula is C21H27NO2. The zero-order valence-corrected chi connectivity index (χ0v) is 14.4. The van der Waals surface area contributed by atoms with E-state index in [0.717, 1.165) is 22.6 Å². The topological polar surface area (TPSA) is 44.5 Å². The average molecular weight is 325 g/mol. The van der Waals surface area contributed by atoms with Crippen LogP contribution >= 0.6 is 0 Å². The summed E-state index contributed by atoms with van der Waals surface area (Å²) in [5.41, 5.74) is 8.78. The molecule has 1 aliphatic rings. The zero-order chi connectivity index (χ0) is 16.8. The van der Waals surface area contributed by atoms with Gasteiger partial charge < -0.3 is 15.2 Å². The van der Waals surface area contributed by atoms with E-state index in [1.807, 2.05) is 31.2 Å². The predicted octanol–water partition coefficient (Wildman–Crippen LogP) is 4.85. The molecule has 1 saturated carbocycles. The van der Waals surface area contributed by atoms with Crippen LogP contribution in [0.4, 0.5) is 0 Å². The minimum absolute atomic E-state index is 0.0925. The van der Waals surface area contributed by atoms with Gasteiger partial charge in [-0.25, -0.2) is 0 Å². The van der Waals surface area contributed by atoms with Crippen LogP contribution in [-0.4, -0.2) is 6.61 Å². The van der Waals surface area contributed by atoms with Crippen LogP contribution in [0.5, 0.6) is 11.5 Å². The van der Waals surface area contributed by atoms with E-state index in [0.29, 0.717) is 19.1 Å². The molecule has 0 aliphatic heterocycles. The monoisotopic (exact) mass is 325 g/mol. The molecule has 3 rings (SSSR count). The van der Waals surface area contributed by atoms with E-state index in [1.165, 1.54) is 25.7 Å². The average Bonchev–Trinajstić information content (AvgIpc) is 3.16. The first kappa shape index (κ1) is 16.8. The number of rotatable bonds is 7. The molecule has 0 amide bonds. The molecule has 24 heavy (non-hydrogen) atoms. The van der Waals surface area contributed by atoms with Crippen LogP contribution in [0.2, 0.25) is 0 Å². The molecule has 3 nitrogen and oxygen atoms in total. The molecule has 1 atom stereocenters. The third-order valence-electron chi connectivity index (χ3n) is 4.80. The minimum atomic E-state index is 0.0925. The first-order chi connectivity index (χ1) is 11.8. The standard InChI is InChI=1S/C21H27NO2/c1-2-23-20-14-18(21(22)17-10-6-7-11-17)12-13-19(20)24-15-16-8-4-3-5-9-16/h3-5,8-9,12-14,17,21H,2,6-7,10-11,15,22H2,1H3/t21-/m0/s1. The lowest BCUT2D eigenvalue weighted by Crippen LogP contribution is -2.19. The number of hydrogen-bond acceptors (Lipinski definition) is 3. The maximum Gasteiger partial charge on any atom is 0.161 e. The molecule has 0 spiro atoms. The Morgan fingerprint density at radius 3 is 2.46 bits per heavy atom. The fourth-order valence-corrected chi connectivity index (χ4v) is 3.44. The van der Waals surface area contributed by atoms with Gasteiger partial charge in [0.15, 0.2) is 11.5 Å². The number of nitrogens with two attached hydrogens (primary N) is 1. The Bertz CT molecular complexity index is 636. The molecule has 0 radical (unpaired) electrons. The Hall–Kier alpha value is -2.00. The fourth-order valence-electron chi connectivity index (χ4n) is 3.44. The Morgan fingerprint density at radius 1 is 1.00 bits per heavy atom. The highest BCUT2D eigenvalue weighted by Crippen LogP contribution is 2.37. The van der Waals surface area contributed by atoms with Crippen LogP contribution in [0.3, 0.4) is 0 Å². The van der Waals surface area contributed by atoms with Crippen LogP contribution in [0, 0.1) is 5.92 Å². The second kappa shape index (κ2) is 8.20. The minimum Gasteiger partial charge on any atom is -0.490 e. The van der Waals surface area contributed by atoms with Crippen LogP contribution in [0.25, 0.3) is 0 Å². The van der Waals surface area contributed by atoms with E-state index in [2.05, 4.69) is 24.3 Å². The third-order valence-corrected chi connectivity index (χ3v) is 4.80. The summed E-state index contributed by atoms with van der Waals surface area (Å²) in [6, 6.07) is 16.4. The van der Waals surface area contributed by atoms with Crippen LogP contribution in [0.1, 0.15) is 49.8 Å². The Balaban J connectivity index is 1.74. The summed E-state index contributed by atoms with van der Waals surface area (Å²) in [4.78, 5) is 0. The largest absolute Gasteiger partial charge is 0.490 e. The molecule has 2 aromatic carbocycles. The van der Waals surface area contributed by atoms with E-state index in [9.17, 15) is 0 Å². The maximum absolute atomic E-state index is 6.48. The smallest absolute Gasteiger partial charge is 0.161 e. The molecule has 0 bridgehead atoms. The summed E-state index contributed by atoms with van der Waals surface area (Å²) >= 11 is 0. The summed E-state index contributed by atoms with van der Waals surface area (Å²) in [5.74, 6) is 2.16. The van der Waals surface area contributed by atoms with Crippen molar-refractivity contribution in [1.82, 2.24) is 0 Å². The molecular weight excluding hydrogens is 298 g/mol. The van der Waals surface area contributed by atoms with Gasteiger partial charge in [0.2, 0.25) is 0 Å². The number of hydrogen-bond donors (Lipinski definition) is 1. The van der Waals surface area contributed by atoms with Gasteiger partial charge >= 0.3 is 0 Å². The molecule has 2 N–H and O–H groups in total. The second-order valence-electron chi connectivity index (χ2n) is 6.48. The van der Waals surface area contributed by atoms with Crippen molar-refractivity contribution in [2.45, 2.75) is 45.3 Å². The van der Waals surface area contributed by atoms with E-state index in [1.54, 1.807) is 0 Å². The van der Waals surface area contributed by atoms with Gasteiger partial charge in [-0.2, -0.15) is 0 Å². The van der Waals surface area contributed by atoms with Crippen molar-refractivity contribution in [3.8, 4) is 11.5 Å². The van der Waals surface area contributed by atoms with Gasteiger partial charge in [0.25, 0.3) is 0 Å². The van der Waals surface area contributed by atoms with Crippen molar-refractivity contribution in [2.75, 3.05) is 6.61 Å². The van der Waals surface area contributed by atoms with E-state index >= 15 is 0 Å². The summed E-state index contributed by atoms with van der Waals surface area (Å²) in [6.07, 6.45) is 5.07. The van der Waals surface area contributed by atoms with Gasteiger partial charge in [-0.3, -0.25) is 0 Å². The first-order valence-electron chi connectivity index (χ1n) is 8.97. The fraction of sp³-hybridized carbons (Fsp3) is 0.429. The molecule has 1 fully saturated rings. The highest BCUT2D eigenvalue weighted by molar-refractivity contribution is 5.44. The van der Waals surface area contributed by atoms with Crippen molar-refractivity contribution in [2.24, 2.45) is 11.7 Å². The zero-order valence-electron chi connectivity index (χ0n) is 14.4. The van der Waals surface area contributed by atoms with Gasteiger partial charge in [0.05, 0.1) is 6.61 Å². The van der Waals surface area contributed by atoms with Crippen molar-refractivity contribution < 1.29 is 9.47 Å². The van der Waals surface area contributed by atoms with Gasteiger partial charge in [-0.1, -0.05) is 49.2 Å². The highest BCUT2D eigenvalue weighted by Gasteiger charge is 2.24. The summed E-state index contributed by atoms with van der Waals surface area (Å²) in [7, 11) is 0.